The summed E-state index contributed by atoms with van der Waals surface area (Å²) in [5.74, 6) is -2.08. The minimum absolute atomic E-state index is 0.0525. The Bertz CT molecular complexity index is 1730. The summed E-state index contributed by atoms with van der Waals surface area (Å²) in [5, 5.41) is 0. The number of hydrogen-bond acceptors (Lipinski definition) is 6. The number of carbonyl (C=O) groups is 3. The second-order valence-electron chi connectivity index (χ2n) is 12.7. The third-order valence-electron chi connectivity index (χ3n) is 8.53. The zero-order valence-electron chi connectivity index (χ0n) is 27.2. The normalized spacial score (nSPS) is 14.6. The van der Waals surface area contributed by atoms with Crippen LogP contribution < -0.4 is 15.6 Å². The number of benzene rings is 3. The highest BCUT2D eigenvalue weighted by Gasteiger charge is 2.38. The fraction of sp³-hybridized carbons (Fsp3) is 0.400. The molecular weight excluding hydrogens is 596 g/mol. The maximum Gasteiger partial charge on any atom is 0.339 e. The van der Waals surface area contributed by atoms with Crippen molar-refractivity contribution in [2.75, 3.05) is 13.7 Å². The largest absolute Gasteiger partial charge is 0.490 e. The molecular formula is C35H39F2N3O6. The van der Waals surface area contributed by atoms with Crippen LogP contribution in [0.2, 0.25) is 0 Å². The Labute approximate surface area is 267 Å². The number of esters is 1. The molecule has 3 aromatic carbocycles. The molecule has 11 heteroatoms. The first-order valence-corrected chi connectivity index (χ1v) is 15.2. The smallest absolute Gasteiger partial charge is 0.339 e. The van der Waals surface area contributed by atoms with Gasteiger partial charge in [0.15, 0.2) is 17.7 Å². The lowest BCUT2D eigenvalue weighted by Crippen LogP contribution is -2.47. The van der Waals surface area contributed by atoms with E-state index in [9.17, 15) is 18.8 Å². The van der Waals surface area contributed by atoms with E-state index in [1.54, 1.807) is 0 Å². The van der Waals surface area contributed by atoms with Crippen molar-refractivity contribution in [2.45, 2.75) is 79.2 Å². The van der Waals surface area contributed by atoms with E-state index in [1.807, 2.05) is 41.5 Å². The summed E-state index contributed by atoms with van der Waals surface area (Å²) >= 11 is 0. The average Bonchev–Trinajstić information content (AvgIpc) is 3.48. The van der Waals surface area contributed by atoms with Crippen molar-refractivity contribution in [2.24, 2.45) is 0 Å². The molecule has 0 fully saturated rings. The van der Waals surface area contributed by atoms with Crippen molar-refractivity contribution in [3.05, 3.63) is 86.5 Å². The van der Waals surface area contributed by atoms with Crippen molar-refractivity contribution in [3.63, 3.8) is 0 Å². The Morgan fingerprint density at radius 3 is 2.30 bits per heavy atom. The van der Waals surface area contributed by atoms with Gasteiger partial charge in [0, 0.05) is 29.8 Å². The van der Waals surface area contributed by atoms with Crippen LogP contribution in [0.1, 0.15) is 82.6 Å². The number of methoxy groups -OCH3 is 1. The van der Waals surface area contributed by atoms with Crippen LogP contribution in [0.15, 0.2) is 30.3 Å². The molecule has 2 aliphatic heterocycles. The summed E-state index contributed by atoms with van der Waals surface area (Å²) in [6.07, 6.45) is 0.259. The molecule has 2 aliphatic rings. The standard InChI is InChI=1S/C35H39F2N3O6/c1-18-23-12-9-13-45-30(23)27(37)15-24(18)28-19(2)25-16-40(34(43)39-38-32(41)21-10-8-11-22(36)14-21)17-26(25)20(3)29(28)31(33(42)44-7)46-35(4,5)6/h8,10-11,14-15,31H,9,12-13,16-17H2,1-7H3,(H,38,41)(H,39,43). The van der Waals surface area contributed by atoms with Crippen molar-refractivity contribution in [1.82, 2.24) is 15.8 Å². The number of nitrogens with zero attached hydrogens (tertiary/aromatic N) is 1. The molecule has 0 radical (unpaired) electrons. The first kappa shape index (κ1) is 32.9. The molecule has 0 aromatic heterocycles. The molecule has 3 aromatic rings. The third kappa shape index (κ3) is 6.28. The number of hydrazine groups is 1. The van der Waals surface area contributed by atoms with Gasteiger partial charge in [0.1, 0.15) is 5.82 Å². The van der Waals surface area contributed by atoms with E-state index in [0.29, 0.717) is 35.3 Å². The summed E-state index contributed by atoms with van der Waals surface area (Å²) in [6, 6.07) is 5.99. The fourth-order valence-electron chi connectivity index (χ4n) is 6.33. The number of amides is 3. The van der Waals surface area contributed by atoms with E-state index < -0.39 is 41.2 Å². The van der Waals surface area contributed by atoms with Crippen molar-refractivity contribution >= 4 is 17.9 Å². The minimum Gasteiger partial charge on any atom is -0.490 e. The van der Waals surface area contributed by atoms with Crippen LogP contribution >= 0.6 is 0 Å². The summed E-state index contributed by atoms with van der Waals surface area (Å²) in [7, 11) is 1.29. The van der Waals surface area contributed by atoms with Crippen LogP contribution in [0.25, 0.3) is 11.1 Å². The Morgan fingerprint density at radius 1 is 0.957 bits per heavy atom. The van der Waals surface area contributed by atoms with Gasteiger partial charge in [0.25, 0.3) is 5.91 Å². The van der Waals surface area contributed by atoms with Crippen LogP contribution in [0.3, 0.4) is 0 Å². The molecule has 46 heavy (non-hydrogen) atoms. The van der Waals surface area contributed by atoms with Gasteiger partial charge in [-0.2, -0.15) is 0 Å². The van der Waals surface area contributed by atoms with Crippen molar-refractivity contribution in [3.8, 4) is 16.9 Å². The number of urea groups is 1. The molecule has 0 aliphatic carbocycles. The zero-order chi connectivity index (χ0) is 33.5. The van der Waals surface area contributed by atoms with Gasteiger partial charge in [-0.15, -0.1) is 0 Å². The SMILES string of the molecule is COC(=O)C(OC(C)(C)C)c1c(C)c2c(c(C)c1-c1cc(F)c3c(c1C)CCCO3)CN(C(=O)NNC(=O)c1cccc(F)c1)C2. The van der Waals surface area contributed by atoms with E-state index in [4.69, 9.17) is 14.2 Å². The summed E-state index contributed by atoms with van der Waals surface area (Å²) in [5.41, 5.74) is 10.6. The van der Waals surface area contributed by atoms with E-state index in [-0.39, 0.29) is 24.4 Å². The molecule has 1 atom stereocenters. The van der Waals surface area contributed by atoms with Gasteiger partial charge in [-0.3, -0.25) is 10.2 Å². The predicted molar refractivity (Wildman–Crippen MR) is 167 cm³/mol. The van der Waals surface area contributed by atoms with Crippen LogP contribution in [0.5, 0.6) is 5.75 Å². The van der Waals surface area contributed by atoms with E-state index in [1.165, 1.54) is 36.3 Å². The Balaban J connectivity index is 1.59. The number of fused-ring (bicyclic) bond motifs is 2. The molecule has 0 saturated carbocycles. The lowest BCUT2D eigenvalue weighted by molar-refractivity contribution is -0.164. The second kappa shape index (κ2) is 12.7. The Kier molecular flexibility index (Phi) is 9.08. The van der Waals surface area contributed by atoms with E-state index >= 15 is 4.39 Å². The maximum absolute atomic E-state index is 15.6. The predicted octanol–water partition coefficient (Wildman–Crippen LogP) is 6.28. The van der Waals surface area contributed by atoms with Gasteiger partial charge in [-0.1, -0.05) is 6.07 Å². The minimum atomic E-state index is -1.15. The number of nitrogens with one attached hydrogen (secondary N) is 2. The maximum atomic E-state index is 15.6. The highest BCUT2D eigenvalue weighted by Crippen LogP contribution is 2.47. The van der Waals surface area contributed by atoms with Crippen LogP contribution in [-0.4, -0.2) is 42.1 Å². The number of carbonyl (C=O) groups excluding carboxylic acids is 3. The quantitative estimate of drug-likeness (QED) is 0.253. The molecule has 3 amide bonds. The molecule has 9 nitrogen and oxygen atoms in total. The van der Waals surface area contributed by atoms with Crippen LogP contribution in [-0.2, 0) is 33.8 Å². The molecule has 1 unspecified atom stereocenters. The fourth-order valence-corrected chi connectivity index (χ4v) is 6.33. The molecule has 5 rings (SSSR count). The van der Waals surface area contributed by atoms with E-state index in [2.05, 4.69) is 10.9 Å². The number of hydrogen-bond donors (Lipinski definition) is 2. The summed E-state index contributed by atoms with van der Waals surface area (Å²) < 4.78 is 46.5. The first-order chi connectivity index (χ1) is 21.7. The second-order valence-corrected chi connectivity index (χ2v) is 12.7. The molecule has 2 N–H and O–H groups in total. The summed E-state index contributed by atoms with van der Waals surface area (Å²) in [6.45, 7) is 12.0. The monoisotopic (exact) mass is 635 g/mol. The molecule has 0 spiro atoms. The van der Waals surface area contributed by atoms with Crippen molar-refractivity contribution in [1.29, 1.82) is 0 Å². The van der Waals surface area contributed by atoms with Crippen LogP contribution in [0.4, 0.5) is 13.6 Å². The van der Waals surface area contributed by atoms with Gasteiger partial charge >= 0.3 is 12.0 Å². The highest BCUT2D eigenvalue weighted by atomic mass is 19.1. The lowest BCUT2D eigenvalue weighted by atomic mass is 9.80. The van der Waals surface area contributed by atoms with Gasteiger partial charge in [0.2, 0.25) is 0 Å². The van der Waals surface area contributed by atoms with Crippen molar-refractivity contribution < 1.29 is 37.4 Å². The number of rotatable bonds is 5. The number of halogens is 2. The average molecular weight is 636 g/mol. The lowest BCUT2D eigenvalue weighted by Gasteiger charge is -2.31. The molecule has 244 valence electrons. The topological polar surface area (TPSA) is 106 Å². The first-order valence-electron chi connectivity index (χ1n) is 15.2. The third-order valence-corrected chi connectivity index (χ3v) is 8.53. The zero-order valence-corrected chi connectivity index (χ0v) is 27.2. The van der Waals surface area contributed by atoms with Gasteiger partial charge in [-0.05, 0) is 118 Å². The Morgan fingerprint density at radius 2 is 1.65 bits per heavy atom. The van der Waals surface area contributed by atoms with E-state index in [0.717, 1.165) is 40.3 Å². The van der Waals surface area contributed by atoms with Gasteiger partial charge in [-0.25, -0.2) is 23.8 Å². The molecule has 2 heterocycles. The molecule has 0 saturated heterocycles. The van der Waals surface area contributed by atoms with Gasteiger partial charge in [0.05, 0.1) is 19.3 Å². The summed E-state index contributed by atoms with van der Waals surface area (Å²) in [4.78, 5) is 40.7. The van der Waals surface area contributed by atoms with Crippen LogP contribution in [0, 0.1) is 32.4 Å². The Hall–Kier alpha value is -4.51. The molecule has 0 bridgehead atoms. The number of ether oxygens (including phenoxy) is 3. The highest BCUT2D eigenvalue weighted by molar-refractivity contribution is 5.95. The van der Waals surface area contributed by atoms with Gasteiger partial charge < -0.3 is 19.1 Å².